The maximum Gasteiger partial charge on any atom is 0.0227 e. The Morgan fingerprint density at radius 3 is 2.44 bits per heavy atom. The van der Waals surface area contributed by atoms with Crippen molar-refractivity contribution in [2.75, 3.05) is 6.54 Å². The summed E-state index contributed by atoms with van der Waals surface area (Å²) in [7, 11) is 0. The summed E-state index contributed by atoms with van der Waals surface area (Å²) in [6.45, 7) is 2.25. The molecule has 0 spiro atoms. The fourth-order valence-corrected chi connectivity index (χ4v) is 3.08. The molecule has 102 valence electrons. The van der Waals surface area contributed by atoms with E-state index in [1.807, 2.05) is 0 Å². The first-order valence-corrected chi connectivity index (χ1v) is 6.42. The summed E-state index contributed by atoms with van der Waals surface area (Å²) in [5.41, 5.74) is 1.39. The Balaban J connectivity index is 0.000000810. The van der Waals surface area contributed by atoms with Crippen LogP contribution in [0.4, 0.5) is 0 Å². The number of hydrogen-bond donors (Lipinski definition) is 2. The van der Waals surface area contributed by atoms with Gasteiger partial charge in [-0.15, -0.1) is 34.0 Å². The van der Waals surface area contributed by atoms with E-state index in [-0.39, 0.29) is 34.0 Å². The van der Waals surface area contributed by atoms with Gasteiger partial charge in [0, 0.05) is 18.6 Å². The van der Waals surface area contributed by atoms with Crippen molar-refractivity contribution in [3.63, 3.8) is 0 Å². The highest BCUT2D eigenvalue weighted by Gasteiger charge is 2.34. The zero-order chi connectivity index (χ0) is 10.8. The summed E-state index contributed by atoms with van der Waals surface area (Å²) >= 11 is 0. The largest absolute Gasteiger partial charge is 0.312 e. The van der Waals surface area contributed by atoms with E-state index in [2.05, 4.69) is 41.0 Å². The molecule has 2 nitrogen and oxygen atoms in total. The van der Waals surface area contributed by atoms with E-state index in [0.717, 1.165) is 12.5 Å². The average molecular weight is 378 g/mol. The molecule has 0 amide bonds. The molecule has 2 aliphatic heterocycles. The van der Waals surface area contributed by atoms with Gasteiger partial charge in [-0.25, -0.2) is 0 Å². The molecule has 1 aliphatic carbocycles. The van der Waals surface area contributed by atoms with E-state index in [1.165, 1.54) is 31.4 Å². The van der Waals surface area contributed by atoms with E-state index in [9.17, 15) is 0 Å². The molecule has 1 aromatic carbocycles. The van der Waals surface area contributed by atoms with Crippen LogP contribution >= 0.6 is 34.0 Å². The first kappa shape index (κ1) is 16.2. The molecule has 1 saturated carbocycles. The highest BCUT2D eigenvalue weighted by Crippen LogP contribution is 2.29. The van der Waals surface area contributed by atoms with Gasteiger partial charge in [-0.05, 0) is 37.3 Å². The first-order valence-electron chi connectivity index (χ1n) is 6.42. The lowest BCUT2D eigenvalue weighted by Crippen LogP contribution is -2.58. The summed E-state index contributed by atoms with van der Waals surface area (Å²) in [5, 5.41) is 7.35. The predicted octanol–water partition coefficient (Wildman–Crippen LogP) is 3.07. The smallest absolute Gasteiger partial charge is 0.0227 e. The molecular weight excluding hydrogens is 356 g/mol. The van der Waals surface area contributed by atoms with Gasteiger partial charge in [-0.1, -0.05) is 30.3 Å². The van der Waals surface area contributed by atoms with Crippen molar-refractivity contribution in [3.05, 3.63) is 35.9 Å². The Labute approximate surface area is 130 Å². The molecule has 2 N–H and O–H groups in total. The van der Waals surface area contributed by atoms with Gasteiger partial charge < -0.3 is 10.6 Å². The Hall–Kier alpha value is 0.100. The van der Waals surface area contributed by atoms with Crippen molar-refractivity contribution in [1.29, 1.82) is 0 Å². The minimum absolute atomic E-state index is 0. The van der Waals surface area contributed by atoms with Gasteiger partial charge in [0.15, 0.2) is 0 Å². The van der Waals surface area contributed by atoms with Crippen LogP contribution in [0.15, 0.2) is 30.3 Å². The first-order chi connectivity index (χ1) is 7.92. The van der Waals surface area contributed by atoms with E-state index in [0.29, 0.717) is 12.1 Å². The molecule has 3 aliphatic rings. The van der Waals surface area contributed by atoms with Gasteiger partial charge in [0.1, 0.15) is 0 Å². The normalized spacial score (nSPS) is 29.2. The number of nitrogens with one attached hydrogen (secondary N) is 2. The summed E-state index contributed by atoms with van der Waals surface area (Å²) in [6.07, 6.45) is 4.16. The summed E-state index contributed by atoms with van der Waals surface area (Å²) in [6, 6.07) is 12.1. The molecule has 4 heteroatoms. The van der Waals surface area contributed by atoms with Gasteiger partial charge in [0.2, 0.25) is 0 Å². The number of piperidine rings is 2. The molecule has 2 heterocycles. The number of fused-ring (bicyclic) bond motifs is 3. The lowest BCUT2D eigenvalue weighted by Gasteiger charge is -2.43. The minimum Gasteiger partial charge on any atom is -0.312 e. The van der Waals surface area contributed by atoms with Crippen LogP contribution in [0.3, 0.4) is 0 Å². The Morgan fingerprint density at radius 2 is 1.89 bits per heavy atom. The summed E-state index contributed by atoms with van der Waals surface area (Å²) < 4.78 is 0. The highest BCUT2D eigenvalue weighted by molar-refractivity contribution is 8.93. The Kier molecular flexibility index (Phi) is 6.85. The summed E-state index contributed by atoms with van der Waals surface area (Å²) in [5.74, 6) is 0.915. The van der Waals surface area contributed by atoms with Gasteiger partial charge in [-0.3, -0.25) is 0 Å². The fraction of sp³-hybridized carbons (Fsp3) is 0.571. The van der Waals surface area contributed by atoms with Gasteiger partial charge in [0.05, 0.1) is 0 Å². The van der Waals surface area contributed by atoms with E-state index >= 15 is 0 Å². The van der Waals surface area contributed by atoms with Crippen LogP contribution in [-0.2, 0) is 6.54 Å². The standard InChI is InChI=1S/C14H20N2.2BrH/c1-2-4-11(5-3-1)9-16-14-8-12-6-7-13(14)15-10-12;;/h1-5,12-16H,6-10H2;2*1H/t12-,13+,14+;;/m0../s1. The van der Waals surface area contributed by atoms with Crippen LogP contribution < -0.4 is 10.6 Å². The molecule has 3 fully saturated rings. The van der Waals surface area contributed by atoms with Crippen LogP contribution in [0.2, 0.25) is 0 Å². The third kappa shape index (κ3) is 3.80. The molecule has 2 saturated heterocycles. The molecular formula is C14H22Br2N2. The molecule has 0 aromatic heterocycles. The van der Waals surface area contributed by atoms with Crippen molar-refractivity contribution in [1.82, 2.24) is 10.6 Å². The molecule has 2 bridgehead atoms. The molecule has 1 aromatic rings. The molecule has 18 heavy (non-hydrogen) atoms. The van der Waals surface area contributed by atoms with E-state index < -0.39 is 0 Å². The van der Waals surface area contributed by atoms with Crippen molar-refractivity contribution < 1.29 is 0 Å². The van der Waals surface area contributed by atoms with Crippen LogP contribution in [-0.4, -0.2) is 18.6 Å². The zero-order valence-electron chi connectivity index (χ0n) is 10.5. The van der Waals surface area contributed by atoms with Crippen LogP contribution in [0.5, 0.6) is 0 Å². The molecule has 3 atom stereocenters. The van der Waals surface area contributed by atoms with Crippen LogP contribution in [0, 0.1) is 5.92 Å². The fourth-order valence-electron chi connectivity index (χ4n) is 3.08. The molecule has 0 radical (unpaired) electrons. The van der Waals surface area contributed by atoms with Crippen molar-refractivity contribution >= 4 is 34.0 Å². The quantitative estimate of drug-likeness (QED) is 0.845. The lowest BCUT2D eigenvalue weighted by atomic mass is 9.78. The second-order valence-electron chi connectivity index (χ2n) is 5.17. The molecule has 4 rings (SSSR count). The van der Waals surface area contributed by atoms with Crippen molar-refractivity contribution in [3.8, 4) is 0 Å². The van der Waals surface area contributed by atoms with Crippen LogP contribution in [0.25, 0.3) is 0 Å². The SMILES string of the molecule is Br.Br.c1ccc(CN[C@@H]2C[C@@H]3CC[C@H]2NC3)cc1. The second kappa shape index (κ2) is 7.63. The second-order valence-corrected chi connectivity index (χ2v) is 5.17. The monoisotopic (exact) mass is 376 g/mol. The topological polar surface area (TPSA) is 24.1 Å². The van der Waals surface area contributed by atoms with E-state index in [1.54, 1.807) is 0 Å². The maximum absolute atomic E-state index is 3.71. The lowest BCUT2D eigenvalue weighted by molar-refractivity contribution is 0.159. The Bertz CT molecular complexity index is 337. The minimum atomic E-state index is 0. The number of rotatable bonds is 3. The number of hydrogen-bond acceptors (Lipinski definition) is 2. The number of benzene rings is 1. The molecule has 0 unspecified atom stereocenters. The third-order valence-electron chi connectivity index (χ3n) is 4.04. The zero-order valence-corrected chi connectivity index (χ0v) is 13.9. The van der Waals surface area contributed by atoms with Crippen molar-refractivity contribution in [2.24, 2.45) is 5.92 Å². The predicted molar refractivity (Wildman–Crippen MR) is 86.8 cm³/mol. The number of halogens is 2. The van der Waals surface area contributed by atoms with Crippen molar-refractivity contribution in [2.45, 2.75) is 37.9 Å². The summed E-state index contributed by atoms with van der Waals surface area (Å²) in [4.78, 5) is 0. The van der Waals surface area contributed by atoms with Gasteiger partial charge >= 0.3 is 0 Å². The van der Waals surface area contributed by atoms with Gasteiger partial charge in [-0.2, -0.15) is 0 Å². The van der Waals surface area contributed by atoms with E-state index in [4.69, 9.17) is 0 Å². The Morgan fingerprint density at radius 1 is 1.11 bits per heavy atom. The average Bonchev–Trinajstić information content (AvgIpc) is 2.39. The maximum atomic E-state index is 3.71. The third-order valence-corrected chi connectivity index (χ3v) is 4.04. The highest BCUT2D eigenvalue weighted by atomic mass is 79.9. The van der Waals surface area contributed by atoms with Gasteiger partial charge in [0.25, 0.3) is 0 Å². The van der Waals surface area contributed by atoms with Crippen LogP contribution in [0.1, 0.15) is 24.8 Å².